The zero-order chi connectivity index (χ0) is 20.4. The fourth-order valence-corrected chi connectivity index (χ4v) is 2.38. The lowest BCUT2D eigenvalue weighted by molar-refractivity contribution is -0.387. The molecule has 0 saturated carbocycles. The third kappa shape index (κ3) is 3.90. The van der Waals surface area contributed by atoms with Crippen molar-refractivity contribution in [1.82, 2.24) is 19.6 Å². The Labute approximate surface area is 156 Å². The molecule has 0 radical (unpaired) electrons. The highest BCUT2D eigenvalue weighted by Crippen LogP contribution is 2.21. The highest BCUT2D eigenvalue weighted by molar-refractivity contribution is 5.94. The summed E-state index contributed by atoms with van der Waals surface area (Å²) in [5.74, 6) is -2.81. The van der Waals surface area contributed by atoms with Gasteiger partial charge >= 0.3 is 11.7 Å². The number of anilines is 1. The van der Waals surface area contributed by atoms with Crippen molar-refractivity contribution in [2.45, 2.75) is 13.8 Å². The number of nitro benzene ring substituents is 1. The molecule has 0 saturated heterocycles. The number of benzene rings is 1. The number of nitro groups is 1. The summed E-state index contributed by atoms with van der Waals surface area (Å²) < 4.78 is 19.5. The Bertz CT molecular complexity index is 1110. The first-order valence-electron chi connectivity index (χ1n) is 7.86. The van der Waals surface area contributed by atoms with Gasteiger partial charge in [0.05, 0.1) is 4.92 Å². The van der Waals surface area contributed by atoms with Crippen LogP contribution in [0.15, 0.2) is 24.3 Å². The number of aromatic nitrogens is 4. The minimum atomic E-state index is -1.04. The van der Waals surface area contributed by atoms with Crippen LogP contribution in [0.4, 0.5) is 15.8 Å². The van der Waals surface area contributed by atoms with Crippen LogP contribution < -0.4 is 5.32 Å². The van der Waals surface area contributed by atoms with Crippen LogP contribution in [-0.2, 0) is 9.53 Å². The van der Waals surface area contributed by atoms with E-state index in [1.54, 1.807) is 19.9 Å². The van der Waals surface area contributed by atoms with E-state index in [4.69, 9.17) is 4.74 Å². The van der Waals surface area contributed by atoms with Crippen LogP contribution in [-0.4, -0.2) is 43.0 Å². The van der Waals surface area contributed by atoms with Gasteiger partial charge in [0.15, 0.2) is 6.61 Å². The molecule has 0 bridgehead atoms. The van der Waals surface area contributed by atoms with Crippen LogP contribution in [0.25, 0.3) is 5.78 Å². The zero-order valence-corrected chi connectivity index (χ0v) is 14.7. The van der Waals surface area contributed by atoms with Gasteiger partial charge in [0.25, 0.3) is 17.5 Å². The van der Waals surface area contributed by atoms with Gasteiger partial charge < -0.3 is 10.1 Å². The first-order valence-corrected chi connectivity index (χ1v) is 7.86. The number of nitrogens with zero attached hydrogens (tertiary/aromatic N) is 5. The molecule has 12 heteroatoms. The molecule has 2 aromatic heterocycles. The summed E-state index contributed by atoms with van der Waals surface area (Å²) in [4.78, 5) is 41.8. The standard InChI is InChI=1S/C16H13FN6O5/c1-8-5-9(2)22-16(18-8)20-14(21-22)15(25)28-7-13(24)19-10-3-4-11(17)12(6-10)23(26)27/h3-6H,7H2,1-2H3,(H,19,24). The lowest BCUT2D eigenvalue weighted by atomic mass is 10.2. The highest BCUT2D eigenvalue weighted by atomic mass is 19.1. The van der Waals surface area contributed by atoms with E-state index < -0.39 is 34.9 Å². The molecule has 1 N–H and O–H groups in total. The van der Waals surface area contributed by atoms with E-state index in [1.165, 1.54) is 4.52 Å². The second kappa shape index (κ2) is 7.34. The van der Waals surface area contributed by atoms with Crippen LogP contribution >= 0.6 is 0 Å². The number of rotatable bonds is 5. The molecule has 0 aliphatic rings. The first kappa shape index (κ1) is 18.8. The van der Waals surface area contributed by atoms with E-state index in [0.717, 1.165) is 18.2 Å². The molecule has 0 spiro atoms. The van der Waals surface area contributed by atoms with Gasteiger partial charge in [-0.3, -0.25) is 14.9 Å². The summed E-state index contributed by atoms with van der Waals surface area (Å²) in [7, 11) is 0. The van der Waals surface area contributed by atoms with Crippen molar-refractivity contribution in [3.63, 3.8) is 0 Å². The normalized spacial score (nSPS) is 10.7. The molecule has 28 heavy (non-hydrogen) atoms. The van der Waals surface area contributed by atoms with E-state index in [-0.39, 0.29) is 17.3 Å². The maximum atomic E-state index is 13.3. The molecule has 1 amide bonds. The molecule has 1 aromatic carbocycles. The zero-order valence-electron chi connectivity index (χ0n) is 14.7. The summed E-state index contributed by atoms with van der Waals surface area (Å²) in [6.07, 6.45) is 0. The van der Waals surface area contributed by atoms with Gasteiger partial charge in [0.2, 0.25) is 5.82 Å². The summed E-state index contributed by atoms with van der Waals surface area (Å²) in [6, 6.07) is 4.60. The van der Waals surface area contributed by atoms with Crippen molar-refractivity contribution >= 4 is 29.0 Å². The van der Waals surface area contributed by atoms with Gasteiger partial charge in [0, 0.05) is 23.1 Å². The number of aryl methyl sites for hydroxylation is 2. The van der Waals surface area contributed by atoms with Crippen molar-refractivity contribution in [1.29, 1.82) is 0 Å². The molecule has 0 aliphatic heterocycles. The molecule has 2 heterocycles. The molecular weight excluding hydrogens is 375 g/mol. The Morgan fingerprint density at radius 3 is 2.75 bits per heavy atom. The van der Waals surface area contributed by atoms with Gasteiger partial charge in [-0.2, -0.15) is 9.37 Å². The minimum Gasteiger partial charge on any atom is -0.450 e. The fourth-order valence-electron chi connectivity index (χ4n) is 2.38. The number of hydrogen-bond donors (Lipinski definition) is 1. The van der Waals surface area contributed by atoms with Crippen molar-refractivity contribution in [3.8, 4) is 0 Å². The van der Waals surface area contributed by atoms with Crippen LogP contribution in [0.2, 0.25) is 0 Å². The largest absolute Gasteiger partial charge is 0.450 e. The number of halogens is 1. The number of nitrogens with one attached hydrogen (secondary N) is 1. The Morgan fingerprint density at radius 2 is 2.04 bits per heavy atom. The molecule has 11 nitrogen and oxygen atoms in total. The first-order chi connectivity index (χ1) is 13.2. The van der Waals surface area contributed by atoms with Gasteiger partial charge in [-0.25, -0.2) is 14.3 Å². The second-order valence-electron chi connectivity index (χ2n) is 5.73. The summed E-state index contributed by atoms with van der Waals surface area (Å²) in [6.45, 7) is 2.84. The Hall–Kier alpha value is -3.96. The lowest BCUT2D eigenvalue weighted by Gasteiger charge is -2.05. The lowest BCUT2D eigenvalue weighted by Crippen LogP contribution is -2.21. The summed E-state index contributed by atoms with van der Waals surface area (Å²) in [5.41, 5.74) is 0.604. The van der Waals surface area contributed by atoms with Gasteiger partial charge in [0.1, 0.15) is 0 Å². The molecule has 144 valence electrons. The van der Waals surface area contributed by atoms with Gasteiger partial charge in [-0.15, -0.1) is 5.10 Å². The molecule has 0 atom stereocenters. The Morgan fingerprint density at radius 1 is 1.29 bits per heavy atom. The van der Waals surface area contributed by atoms with E-state index >= 15 is 0 Å². The van der Waals surface area contributed by atoms with Crippen LogP contribution in [0.3, 0.4) is 0 Å². The van der Waals surface area contributed by atoms with Crippen LogP contribution in [0.5, 0.6) is 0 Å². The quantitative estimate of drug-likeness (QED) is 0.394. The maximum absolute atomic E-state index is 13.3. The van der Waals surface area contributed by atoms with Gasteiger partial charge in [-0.05, 0) is 32.0 Å². The van der Waals surface area contributed by atoms with E-state index in [0.29, 0.717) is 11.4 Å². The maximum Gasteiger partial charge on any atom is 0.378 e. The molecule has 0 aliphatic carbocycles. The third-order valence-corrected chi connectivity index (χ3v) is 3.56. The number of carbonyl (C=O) groups excluding carboxylic acids is 2. The smallest absolute Gasteiger partial charge is 0.378 e. The number of hydrogen-bond acceptors (Lipinski definition) is 8. The average Bonchev–Trinajstić information content (AvgIpc) is 3.05. The van der Waals surface area contributed by atoms with E-state index in [1.807, 2.05) is 0 Å². The molecule has 0 unspecified atom stereocenters. The SMILES string of the molecule is Cc1cc(C)n2nc(C(=O)OCC(=O)Nc3ccc(F)c([N+](=O)[O-])c3)nc2n1. The van der Waals surface area contributed by atoms with Crippen molar-refractivity contribution in [2.75, 3.05) is 11.9 Å². The topological polar surface area (TPSA) is 142 Å². The Kier molecular flexibility index (Phi) is 4.94. The number of fused-ring (bicyclic) bond motifs is 1. The Balaban J connectivity index is 1.65. The van der Waals surface area contributed by atoms with Crippen molar-refractivity contribution in [2.24, 2.45) is 0 Å². The van der Waals surface area contributed by atoms with E-state index in [2.05, 4.69) is 20.4 Å². The molecule has 3 aromatic rings. The summed E-state index contributed by atoms with van der Waals surface area (Å²) >= 11 is 0. The van der Waals surface area contributed by atoms with Crippen molar-refractivity contribution in [3.05, 3.63) is 57.4 Å². The number of ether oxygens (including phenoxy) is 1. The van der Waals surface area contributed by atoms with Crippen molar-refractivity contribution < 1.29 is 23.6 Å². The highest BCUT2D eigenvalue weighted by Gasteiger charge is 2.19. The minimum absolute atomic E-state index is 0.0182. The summed E-state index contributed by atoms with van der Waals surface area (Å²) in [5, 5.41) is 17.0. The predicted molar refractivity (Wildman–Crippen MR) is 92.2 cm³/mol. The fraction of sp³-hybridized carbons (Fsp3) is 0.188. The van der Waals surface area contributed by atoms with Gasteiger partial charge in [-0.1, -0.05) is 0 Å². The monoisotopic (exact) mass is 388 g/mol. The van der Waals surface area contributed by atoms with Crippen LogP contribution in [0, 0.1) is 29.8 Å². The number of carbonyl (C=O) groups is 2. The molecule has 0 fully saturated rings. The molecular formula is C16H13FN6O5. The second-order valence-corrected chi connectivity index (χ2v) is 5.73. The predicted octanol–water partition coefficient (Wildman–Crippen LogP) is 1.58. The number of amides is 1. The van der Waals surface area contributed by atoms with Crippen LogP contribution in [0.1, 0.15) is 22.0 Å². The molecule has 3 rings (SSSR count). The van der Waals surface area contributed by atoms with E-state index in [9.17, 15) is 24.1 Å². The third-order valence-electron chi connectivity index (χ3n) is 3.56. The average molecular weight is 388 g/mol. The number of esters is 1.